The van der Waals surface area contributed by atoms with E-state index in [1.165, 1.54) is 25.9 Å². The molecule has 1 saturated heterocycles. The number of nitrogens with one attached hydrogen (secondary N) is 1. The molecule has 1 aromatic carbocycles. The van der Waals surface area contributed by atoms with E-state index in [1.807, 2.05) is 25.1 Å². The van der Waals surface area contributed by atoms with Gasteiger partial charge >= 0.3 is 0 Å². The minimum atomic E-state index is 0.539. The molecule has 3 N–H and O–H groups in total. The van der Waals surface area contributed by atoms with Gasteiger partial charge in [0.05, 0.1) is 18.0 Å². The van der Waals surface area contributed by atoms with Crippen molar-refractivity contribution in [3.63, 3.8) is 0 Å². The lowest BCUT2D eigenvalue weighted by atomic mass is 10.2. The minimum absolute atomic E-state index is 0.539. The Balaban J connectivity index is 1.93. The molecule has 0 bridgehead atoms. The molecule has 1 aromatic rings. The van der Waals surface area contributed by atoms with Crippen LogP contribution < -0.4 is 15.8 Å². The largest absolute Gasteiger partial charge is 0.492 e. The molecule has 0 amide bonds. The van der Waals surface area contributed by atoms with Crippen LogP contribution in [0.1, 0.15) is 26.7 Å². The third-order valence-electron chi connectivity index (χ3n) is 3.72. The summed E-state index contributed by atoms with van der Waals surface area (Å²) in [6.07, 6.45) is 2.65. The van der Waals surface area contributed by atoms with E-state index in [9.17, 15) is 0 Å². The van der Waals surface area contributed by atoms with Crippen LogP contribution in [0.5, 0.6) is 5.75 Å². The quantitative estimate of drug-likeness (QED) is 0.775. The lowest BCUT2D eigenvalue weighted by molar-refractivity contribution is 0.269. The van der Waals surface area contributed by atoms with Crippen molar-refractivity contribution in [2.45, 2.75) is 32.7 Å². The summed E-state index contributed by atoms with van der Waals surface area (Å²) >= 11 is 0. The maximum Gasteiger partial charge on any atom is 0.144 e. The van der Waals surface area contributed by atoms with Crippen LogP contribution in [-0.4, -0.2) is 37.2 Å². The molecule has 1 aliphatic rings. The van der Waals surface area contributed by atoms with Crippen LogP contribution in [0.2, 0.25) is 0 Å². The van der Waals surface area contributed by atoms with Gasteiger partial charge in [-0.1, -0.05) is 6.07 Å². The summed E-state index contributed by atoms with van der Waals surface area (Å²) in [6.45, 7) is 8.22. The average molecular weight is 263 g/mol. The standard InChI is InChI=1S/C15H25N3O/c1-3-19-14-8-6-7-13(15(14)16)17-11-12(2)18-9-4-5-10-18/h6-8,12,17H,3-5,9-11,16H2,1-2H3. The SMILES string of the molecule is CCOc1cccc(NCC(C)N2CCCC2)c1N. The van der Waals surface area contributed by atoms with Crippen molar-refractivity contribution < 1.29 is 4.74 Å². The number of hydrogen-bond acceptors (Lipinski definition) is 4. The Morgan fingerprint density at radius 1 is 1.37 bits per heavy atom. The van der Waals surface area contributed by atoms with Crippen LogP contribution in [0.25, 0.3) is 0 Å². The second-order valence-corrected chi connectivity index (χ2v) is 5.12. The third-order valence-corrected chi connectivity index (χ3v) is 3.72. The second-order valence-electron chi connectivity index (χ2n) is 5.12. The predicted molar refractivity (Wildman–Crippen MR) is 80.8 cm³/mol. The van der Waals surface area contributed by atoms with Gasteiger partial charge in [-0.25, -0.2) is 0 Å². The second kappa shape index (κ2) is 6.66. The fourth-order valence-electron chi connectivity index (χ4n) is 2.55. The Kier molecular flexibility index (Phi) is 4.91. The van der Waals surface area contributed by atoms with E-state index >= 15 is 0 Å². The molecule has 0 aromatic heterocycles. The number of likely N-dealkylation sites (tertiary alicyclic amines) is 1. The van der Waals surface area contributed by atoms with Crippen molar-refractivity contribution in [2.24, 2.45) is 0 Å². The number of nitrogens with two attached hydrogens (primary N) is 1. The topological polar surface area (TPSA) is 50.5 Å². The monoisotopic (exact) mass is 263 g/mol. The first-order valence-electron chi connectivity index (χ1n) is 7.21. The zero-order valence-corrected chi connectivity index (χ0v) is 12.0. The molecule has 1 heterocycles. The Morgan fingerprint density at radius 2 is 2.11 bits per heavy atom. The number of benzene rings is 1. The van der Waals surface area contributed by atoms with Gasteiger partial charge < -0.3 is 15.8 Å². The molecule has 4 nitrogen and oxygen atoms in total. The fourth-order valence-corrected chi connectivity index (χ4v) is 2.55. The zero-order chi connectivity index (χ0) is 13.7. The first kappa shape index (κ1) is 14.0. The van der Waals surface area contributed by atoms with E-state index in [0.717, 1.165) is 18.0 Å². The van der Waals surface area contributed by atoms with Crippen molar-refractivity contribution in [3.05, 3.63) is 18.2 Å². The van der Waals surface area contributed by atoms with Crippen molar-refractivity contribution in [1.29, 1.82) is 0 Å². The van der Waals surface area contributed by atoms with Crippen molar-refractivity contribution >= 4 is 11.4 Å². The van der Waals surface area contributed by atoms with Gasteiger partial charge in [-0.3, -0.25) is 4.90 Å². The smallest absolute Gasteiger partial charge is 0.144 e. The third kappa shape index (κ3) is 3.53. The molecule has 106 valence electrons. The molecule has 19 heavy (non-hydrogen) atoms. The molecule has 4 heteroatoms. The maximum atomic E-state index is 6.11. The van der Waals surface area contributed by atoms with E-state index < -0.39 is 0 Å². The summed E-state index contributed by atoms with van der Waals surface area (Å²) in [5.41, 5.74) is 7.78. The van der Waals surface area contributed by atoms with Crippen LogP contribution in [0, 0.1) is 0 Å². The van der Waals surface area contributed by atoms with Gasteiger partial charge in [0.15, 0.2) is 0 Å². The molecular weight excluding hydrogens is 238 g/mol. The Bertz CT molecular complexity index is 402. The van der Waals surface area contributed by atoms with Crippen LogP contribution in [-0.2, 0) is 0 Å². The highest BCUT2D eigenvalue weighted by Gasteiger charge is 2.18. The van der Waals surface area contributed by atoms with Gasteiger partial charge in [0.1, 0.15) is 5.75 Å². The van der Waals surface area contributed by atoms with Crippen LogP contribution in [0.3, 0.4) is 0 Å². The molecule has 1 atom stereocenters. The summed E-state index contributed by atoms with van der Waals surface area (Å²) < 4.78 is 5.51. The first-order chi connectivity index (χ1) is 9.22. The fraction of sp³-hybridized carbons (Fsp3) is 0.600. The lowest BCUT2D eigenvalue weighted by Crippen LogP contribution is -2.35. The van der Waals surface area contributed by atoms with E-state index in [2.05, 4.69) is 17.1 Å². The highest BCUT2D eigenvalue weighted by atomic mass is 16.5. The average Bonchev–Trinajstić information content (AvgIpc) is 2.94. The lowest BCUT2D eigenvalue weighted by Gasteiger charge is -2.24. The Morgan fingerprint density at radius 3 is 2.79 bits per heavy atom. The molecule has 2 rings (SSSR count). The van der Waals surface area contributed by atoms with Crippen molar-refractivity contribution in [2.75, 3.05) is 37.3 Å². The molecule has 1 unspecified atom stereocenters. The van der Waals surface area contributed by atoms with Gasteiger partial charge in [0.2, 0.25) is 0 Å². The predicted octanol–water partition coefficient (Wildman–Crippen LogP) is 2.56. The number of nitrogen functional groups attached to an aromatic ring is 1. The maximum absolute atomic E-state index is 6.11. The normalized spacial score (nSPS) is 17.4. The molecule has 0 radical (unpaired) electrons. The van der Waals surface area contributed by atoms with Crippen LogP contribution >= 0.6 is 0 Å². The van der Waals surface area contributed by atoms with Gasteiger partial charge in [0.25, 0.3) is 0 Å². The number of para-hydroxylation sites is 1. The molecule has 1 aliphatic heterocycles. The van der Waals surface area contributed by atoms with Crippen LogP contribution in [0.4, 0.5) is 11.4 Å². The van der Waals surface area contributed by atoms with Gasteiger partial charge in [-0.15, -0.1) is 0 Å². The summed E-state index contributed by atoms with van der Waals surface area (Å²) in [5, 5.41) is 3.44. The van der Waals surface area contributed by atoms with E-state index in [4.69, 9.17) is 10.5 Å². The number of rotatable bonds is 6. The summed E-state index contributed by atoms with van der Waals surface area (Å²) in [6, 6.07) is 6.44. The summed E-state index contributed by atoms with van der Waals surface area (Å²) in [7, 11) is 0. The van der Waals surface area contributed by atoms with Crippen LogP contribution in [0.15, 0.2) is 18.2 Å². The van der Waals surface area contributed by atoms with Crippen molar-refractivity contribution in [1.82, 2.24) is 4.90 Å². The summed E-state index contributed by atoms with van der Waals surface area (Å²) in [5.74, 6) is 0.765. The van der Waals surface area contributed by atoms with E-state index in [-0.39, 0.29) is 0 Å². The highest BCUT2D eigenvalue weighted by molar-refractivity contribution is 5.72. The molecule has 1 fully saturated rings. The highest BCUT2D eigenvalue weighted by Crippen LogP contribution is 2.29. The number of hydrogen-bond donors (Lipinski definition) is 2. The number of anilines is 2. The molecule has 0 spiro atoms. The summed E-state index contributed by atoms with van der Waals surface area (Å²) in [4.78, 5) is 2.52. The van der Waals surface area contributed by atoms with Gasteiger partial charge in [-0.05, 0) is 51.9 Å². The first-order valence-corrected chi connectivity index (χ1v) is 7.21. The van der Waals surface area contributed by atoms with E-state index in [0.29, 0.717) is 18.3 Å². The molecular formula is C15H25N3O. The van der Waals surface area contributed by atoms with Crippen molar-refractivity contribution in [3.8, 4) is 5.75 Å². The van der Waals surface area contributed by atoms with Gasteiger partial charge in [-0.2, -0.15) is 0 Å². The minimum Gasteiger partial charge on any atom is -0.492 e. The zero-order valence-electron chi connectivity index (χ0n) is 12.0. The Labute approximate surface area is 115 Å². The number of ether oxygens (including phenoxy) is 1. The molecule has 0 aliphatic carbocycles. The van der Waals surface area contributed by atoms with Gasteiger partial charge in [0, 0.05) is 12.6 Å². The molecule has 0 saturated carbocycles. The Hall–Kier alpha value is -1.42. The van der Waals surface area contributed by atoms with E-state index in [1.54, 1.807) is 0 Å². The number of nitrogens with zero attached hydrogens (tertiary/aromatic N) is 1.